The van der Waals surface area contributed by atoms with Gasteiger partial charge in [-0.25, -0.2) is 8.42 Å². The van der Waals surface area contributed by atoms with Crippen molar-refractivity contribution >= 4 is 15.8 Å². The first-order valence-electron chi connectivity index (χ1n) is 7.86. The fourth-order valence-corrected chi connectivity index (χ4v) is 4.30. The molecule has 0 bridgehead atoms. The van der Waals surface area contributed by atoms with Gasteiger partial charge in [0.2, 0.25) is 0 Å². The third kappa shape index (κ3) is 3.37. The van der Waals surface area contributed by atoms with Crippen LogP contribution in [-0.2, 0) is 29.3 Å². The highest BCUT2D eigenvalue weighted by atomic mass is 32.2. The molecule has 0 saturated heterocycles. The zero-order valence-corrected chi connectivity index (χ0v) is 14.9. The van der Waals surface area contributed by atoms with Crippen LogP contribution in [-0.4, -0.2) is 25.7 Å². The van der Waals surface area contributed by atoms with Crippen molar-refractivity contribution in [2.75, 3.05) is 11.4 Å². The van der Waals surface area contributed by atoms with E-state index in [9.17, 15) is 8.42 Å². The Hall–Kier alpha value is -1.95. The number of anilines is 1. The number of aromatic nitrogens is 2. The summed E-state index contributed by atoms with van der Waals surface area (Å²) in [6, 6.07) is 7.31. The van der Waals surface area contributed by atoms with Gasteiger partial charge in [0.1, 0.15) is 0 Å². The molecule has 6 heteroatoms. The van der Waals surface area contributed by atoms with Crippen molar-refractivity contribution in [3.63, 3.8) is 0 Å². The van der Waals surface area contributed by atoms with E-state index in [1.165, 1.54) is 23.1 Å². The van der Waals surface area contributed by atoms with Crippen LogP contribution < -0.4 is 4.31 Å². The zero-order valence-electron chi connectivity index (χ0n) is 14.1. The van der Waals surface area contributed by atoms with Gasteiger partial charge in [-0.15, -0.1) is 5.10 Å². The Labute approximate surface area is 138 Å². The summed E-state index contributed by atoms with van der Waals surface area (Å²) in [4.78, 5) is 0.410. The molecular weight excluding hydrogens is 310 g/mol. The van der Waals surface area contributed by atoms with Gasteiger partial charge in [-0.3, -0.25) is 4.31 Å². The normalized spacial score (nSPS) is 11.5. The van der Waals surface area contributed by atoms with Crippen LogP contribution in [0, 0.1) is 0 Å². The molecule has 1 aromatic heterocycles. The lowest BCUT2D eigenvalue weighted by Crippen LogP contribution is -2.29. The van der Waals surface area contributed by atoms with E-state index in [1.54, 1.807) is 12.1 Å². The van der Waals surface area contributed by atoms with E-state index in [-0.39, 0.29) is 0 Å². The summed E-state index contributed by atoms with van der Waals surface area (Å²) in [5, 5.41) is 7.68. The highest BCUT2D eigenvalue weighted by Gasteiger charge is 2.27. The van der Waals surface area contributed by atoms with Gasteiger partial charge in [0.25, 0.3) is 10.0 Å². The number of rotatable bonds is 6. The molecule has 23 heavy (non-hydrogen) atoms. The molecule has 0 unspecified atom stereocenters. The molecule has 0 radical (unpaired) electrons. The highest BCUT2D eigenvalue weighted by molar-refractivity contribution is 7.92. The van der Waals surface area contributed by atoms with E-state index in [2.05, 4.69) is 17.1 Å². The van der Waals surface area contributed by atoms with E-state index < -0.39 is 10.0 Å². The average molecular weight is 333 g/mol. The molecule has 1 heterocycles. The Balaban J connectivity index is 2.63. The van der Waals surface area contributed by atoms with E-state index in [1.807, 2.05) is 26.0 Å². The van der Waals surface area contributed by atoms with Gasteiger partial charge < -0.3 is 0 Å². The first-order valence-corrected chi connectivity index (χ1v) is 9.30. The van der Waals surface area contributed by atoms with Gasteiger partial charge in [0, 0.05) is 13.2 Å². The monoisotopic (exact) mass is 333 g/mol. The molecule has 0 fully saturated rings. The highest BCUT2D eigenvalue weighted by Crippen LogP contribution is 2.28. The largest absolute Gasteiger partial charge is 0.265 e. The number of nitrogens with zero attached hydrogens (tertiary/aromatic N) is 3. The topological polar surface area (TPSA) is 63.2 Å². The van der Waals surface area contributed by atoms with Crippen LogP contribution in [0.15, 0.2) is 35.4 Å². The van der Waals surface area contributed by atoms with Crippen LogP contribution in [0.25, 0.3) is 0 Å². The molecule has 0 aliphatic rings. The number of sulfonamides is 1. The van der Waals surface area contributed by atoms with Gasteiger partial charge in [-0.05, 0) is 48.1 Å². The molecule has 124 valence electrons. The van der Waals surface area contributed by atoms with E-state index in [0.717, 1.165) is 17.5 Å². The molecule has 0 atom stereocenters. The Bertz CT molecular complexity index is 749. The van der Waals surface area contributed by atoms with Crippen molar-refractivity contribution < 1.29 is 8.42 Å². The molecule has 0 spiro atoms. The Morgan fingerprint density at radius 3 is 2.09 bits per heavy atom. The van der Waals surface area contributed by atoms with E-state index in [0.29, 0.717) is 23.6 Å². The number of hydrogen-bond acceptors (Lipinski definition) is 4. The molecule has 0 aliphatic carbocycles. The smallest absolute Gasteiger partial charge is 0.251 e. The van der Waals surface area contributed by atoms with Crippen molar-refractivity contribution in [2.45, 2.75) is 44.9 Å². The summed E-state index contributed by atoms with van der Waals surface area (Å²) >= 11 is 0. The van der Waals surface area contributed by atoms with Gasteiger partial charge in [-0.1, -0.05) is 32.9 Å². The summed E-state index contributed by atoms with van der Waals surface area (Å²) in [5.41, 5.74) is 2.88. The molecule has 1 aromatic carbocycles. The van der Waals surface area contributed by atoms with Crippen molar-refractivity contribution in [2.24, 2.45) is 0 Å². The molecule has 0 N–H and O–H groups in total. The zero-order chi connectivity index (χ0) is 17.0. The lowest BCUT2D eigenvalue weighted by atomic mass is 10.0. The second-order valence-corrected chi connectivity index (χ2v) is 7.26. The standard InChI is InChI=1S/C17H23N3O2S/c1-5-13-11-14(6-2)17(15(7-3)12-13)23(21,22)20(4)16-9-8-10-18-19-16/h8-12H,5-7H2,1-4H3. The maximum absolute atomic E-state index is 13.1. The minimum Gasteiger partial charge on any atom is -0.251 e. The lowest BCUT2D eigenvalue weighted by Gasteiger charge is -2.22. The summed E-state index contributed by atoms with van der Waals surface area (Å²) in [7, 11) is -2.15. The third-order valence-electron chi connectivity index (χ3n) is 3.97. The Morgan fingerprint density at radius 1 is 1.04 bits per heavy atom. The van der Waals surface area contributed by atoms with Crippen LogP contribution in [0.2, 0.25) is 0 Å². The van der Waals surface area contributed by atoms with Crippen LogP contribution in [0.5, 0.6) is 0 Å². The predicted octanol–water partition coefficient (Wildman–Crippen LogP) is 2.99. The van der Waals surface area contributed by atoms with Gasteiger partial charge in [-0.2, -0.15) is 5.10 Å². The van der Waals surface area contributed by atoms with Gasteiger partial charge in [0.15, 0.2) is 5.82 Å². The van der Waals surface area contributed by atoms with Crippen LogP contribution in [0.4, 0.5) is 5.82 Å². The molecule has 2 aromatic rings. The minimum absolute atomic E-state index is 0.316. The average Bonchev–Trinajstić information content (AvgIpc) is 2.60. The molecular formula is C17H23N3O2S. The summed E-state index contributed by atoms with van der Waals surface area (Å²) in [5.74, 6) is 0.316. The van der Waals surface area contributed by atoms with Crippen molar-refractivity contribution in [3.8, 4) is 0 Å². The second kappa shape index (κ2) is 7.08. The third-order valence-corrected chi connectivity index (χ3v) is 5.92. The first-order chi connectivity index (χ1) is 11.0. The van der Waals surface area contributed by atoms with Crippen molar-refractivity contribution in [1.82, 2.24) is 10.2 Å². The van der Waals surface area contributed by atoms with Gasteiger partial charge >= 0.3 is 0 Å². The molecule has 0 amide bonds. The Morgan fingerprint density at radius 2 is 1.65 bits per heavy atom. The van der Waals surface area contributed by atoms with Crippen molar-refractivity contribution in [1.29, 1.82) is 0 Å². The maximum atomic E-state index is 13.1. The SMILES string of the molecule is CCc1cc(CC)c(S(=O)(=O)N(C)c2cccnn2)c(CC)c1. The quantitative estimate of drug-likeness (QED) is 0.815. The number of aryl methyl sites for hydroxylation is 3. The van der Waals surface area contributed by atoms with Crippen LogP contribution >= 0.6 is 0 Å². The summed E-state index contributed by atoms with van der Waals surface area (Å²) in [6.45, 7) is 6.04. The lowest BCUT2D eigenvalue weighted by molar-refractivity contribution is 0.591. The van der Waals surface area contributed by atoms with Gasteiger partial charge in [0.05, 0.1) is 4.90 Å². The second-order valence-electron chi connectivity index (χ2n) is 5.36. The predicted molar refractivity (Wildman–Crippen MR) is 92.2 cm³/mol. The van der Waals surface area contributed by atoms with E-state index in [4.69, 9.17) is 0 Å². The van der Waals surface area contributed by atoms with Crippen LogP contribution in [0.1, 0.15) is 37.5 Å². The number of hydrogen-bond donors (Lipinski definition) is 0. The maximum Gasteiger partial charge on any atom is 0.265 e. The van der Waals surface area contributed by atoms with Crippen LogP contribution in [0.3, 0.4) is 0 Å². The first kappa shape index (κ1) is 17.4. The Kier molecular flexibility index (Phi) is 5.36. The summed E-state index contributed by atoms with van der Waals surface area (Å²) in [6.07, 6.45) is 3.75. The molecule has 5 nitrogen and oxygen atoms in total. The molecule has 2 rings (SSSR count). The van der Waals surface area contributed by atoms with E-state index >= 15 is 0 Å². The molecule has 0 saturated carbocycles. The minimum atomic E-state index is -3.67. The fourth-order valence-electron chi connectivity index (χ4n) is 2.61. The molecule has 0 aliphatic heterocycles. The number of benzene rings is 1. The summed E-state index contributed by atoms with van der Waals surface area (Å²) < 4.78 is 27.5. The van der Waals surface area contributed by atoms with Crippen molar-refractivity contribution in [3.05, 3.63) is 47.2 Å². The fraction of sp³-hybridized carbons (Fsp3) is 0.412.